The standard InChI is InChI=1S/C23H28N6OS2/c1-26-8-7-18-19(15-26)32-21-20(18)22(30)29(16-24-21)14-11-27-9-12-28(13-10-27)23(31)25-17-5-3-2-4-6-17/h2-6,16H,7-15H2,1H3,(H,25,31). The molecular weight excluding hydrogens is 440 g/mol. The van der Waals surface area contributed by atoms with Crippen molar-refractivity contribution in [3.8, 4) is 0 Å². The zero-order valence-corrected chi connectivity index (χ0v) is 19.9. The second-order valence-electron chi connectivity index (χ2n) is 8.54. The van der Waals surface area contributed by atoms with E-state index in [0.29, 0.717) is 6.54 Å². The van der Waals surface area contributed by atoms with Crippen molar-refractivity contribution in [1.29, 1.82) is 0 Å². The highest BCUT2D eigenvalue weighted by atomic mass is 32.1. The molecule has 0 atom stereocenters. The summed E-state index contributed by atoms with van der Waals surface area (Å²) in [5, 5.41) is 4.94. The topological polar surface area (TPSA) is 56.6 Å². The van der Waals surface area contributed by atoms with Crippen LogP contribution in [-0.4, -0.2) is 75.7 Å². The molecule has 5 rings (SSSR count). The summed E-state index contributed by atoms with van der Waals surface area (Å²) in [6, 6.07) is 10.0. The number of nitrogens with one attached hydrogen (secondary N) is 1. The van der Waals surface area contributed by atoms with E-state index in [9.17, 15) is 4.79 Å². The largest absolute Gasteiger partial charge is 0.346 e. The third-order valence-corrected chi connectivity index (χ3v) is 7.84. The van der Waals surface area contributed by atoms with E-state index in [1.54, 1.807) is 22.2 Å². The molecule has 9 heteroatoms. The van der Waals surface area contributed by atoms with E-state index < -0.39 is 0 Å². The number of para-hydroxylation sites is 1. The maximum atomic E-state index is 13.2. The molecule has 1 N–H and O–H groups in total. The van der Waals surface area contributed by atoms with E-state index >= 15 is 0 Å². The van der Waals surface area contributed by atoms with Gasteiger partial charge in [0.05, 0.1) is 11.7 Å². The van der Waals surface area contributed by atoms with Gasteiger partial charge in [-0.15, -0.1) is 11.3 Å². The molecular formula is C23H28N6OS2. The summed E-state index contributed by atoms with van der Waals surface area (Å²) in [5.41, 5.74) is 2.36. The van der Waals surface area contributed by atoms with Crippen molar-refractivity contribution in [1.82, 2.24) is 24.3 Å². The molecule has 0 bridgehead atoms. The molecule has 0 aliphatic carbocycles. The van der Waals surface area contributed by atoms with Gasteiger partial charge in [0.25, 0.3) is 5.56 Å². The van der Waals surface area contributed by atoms with Crippen molar-refractivity contribution in [2.45, 2.75) is 19.5 Å². The van der Waals surface area contributed by atoms with Crippen molar-refractivity contribution in [2.75, 3.05) is 51.6 Å². The number of hydrogen-bond donors (Lipinski definition) is 1. The van der Waals surface area contributed by atoms with Gasteiger partial charge < -0.3 is 15.1 Å². The highest BCUT2D eigenvalue weighted by molar-refractivity contribution is 7.80. The van der Waals surface area contributed by atoms with Crippen LogP contribution in [-0.2, 0) is 19.5 Å². The molecule has 0 unspecified atom stereocenters. The normalized spacial score (nSPS) is 17.5. The second-order valence-corrected chi connectivity index (χ2v) is 10.0. The lowest BCUT2D eigenvalue weighted by molar-refractivity contribution is 0.178. The van der Waals surface area contributed by atoms with E-state index in [2.05, 4.69) is 32.0 Å². The lowest BCUT2D eigenvalue weighted by Gasteiger charge is -2.36. The lowest BCUT2D eigenvalue weighted by atomic mass is 10.1. The fraction of sp³-hybridized carbons (Fsp3) is 0.435. The quantitative estimate of drug-likeness (QED) is 0.591. The SMILES string of the molecule is CN1CCc2c(sc3ncn(CCN4CCN(C(=S)Nc5ccccc5)CC4)c(=O)c23)C1. The van der Waals surface area contributed by atoms with Gasteiger partial charge in [0, 0.05) is 62.9 Å². The number of piperazine rings is 1. The Morgan fingerprint density at radius 1 is 1.12 bits per heavy atom. The molecule has 0 radical (unpaired) electrons. The molecule has 2 aliphatic rings. The van der Waals surface area contributed by atoms with Crippen LogP contribution < -0.4 is 10.9 Å². The Kier molecular flexibility index (Phi) is 6.23. The monoisotopic (exact) mass is 468 g/mol. The van der Waals surface area contributed by atoms with E-state index in [4.69, 9.17) is 12.2 Å². The molecule has 32 heavy (non-hydrogen) atoms. The van der Waals surface area contributed by atoms with E-state index in [0.717, 1.165) is 73.3 Å². The Labute approximate surface area is 197 Å². The Bertz CT molecular complexity index is 1170. The minimum Gasteiger partial charge on any atom is -0.346 e. The molecule has 0 saturated carbocycles. The molecule has 1 fully saturated rings. The smallest absolute Gasteiger partial charge is 0.262 e. The fourth-order valence-electron chi connectivity index (χ4n) is 4.45. The molecule has 2 aliphatic heterocycles. The number of aromatic nitrogens is 2. The molecule has 2 aromatic heterocycles. The third kappa shape index (κ3) is 4.43. The number of thiocarbonyl (C=S) groups is 1. The van der Waals surface area contributed by atoms with Crippen LogP contribution in [0.3, 0.4) is 0 Å². The number of rotatable bonds is 4. The van der Waals surface area contributed by atoms with E-state index in [1.165, 1.54) is 10.4 Å². The minimum absolute atomic E-state index is 0.115. The minimum atomic E-state index is 0.115. The number of benzene rings is 1. The predicted molar refractivity (Wildman–Crippen MR) is 135 cm³/mol. The maximum Gasteiger partial charge on any atom is 0.262 e. The van der Waals surface area contributed by atoms with Crippen LogP contribution in [0.15, 0.2) is 41.5 Å². The van der Waals surface area contributed by atoms with E-state index in [1.807, 2.05) is 30.3 Å². The van der Waals surface area contributed by atoms with Crippen LogP contribution in [0.2, 0.25) is 0 Å². The molecule has 0 amide bonds. The number of fused-ring (bicyclic) bond motifs is 3. The van der Waals surface area contributed by atoms with Crippen LogP contribution in [0, 0.1) is 0 Å². The molecule has 1 aromatic carbocycles. The molecule has 168 valence electrons. The summed E-state index contributed by atoms with van der Waals surface area (Å²) in [7, 11) is 2.13. The van der Waals surface area contributed by atoms with Crippen LogP contribution in [0.1, 0.15) is 10.4 Å². The van der Waals surface area contributed by atoms with Gasteiger partial charge in [-0.2, -0.15) is 0 Å². The fourth-order valence-corrected chi connectivity index (χ4v) is 6.01. The van der Waals surface area contributed by atoms with Gasteiger partial charge in [-0.25, -0.2) is 4.98 Å². The number of hydrogen-bond acceptors (Lipinski definition) is 6. The molecule has 7 nitrogen and oxygen atoms in total. The van der Waals surface area contributed by atoms with Gasteiger partial charge in [0.2, 0.25) is 0 Å². The van der Waals surface area contributed by atoms with Gasteiger partial charge in [-0.3, -0.25) is 14.3 Å². The van der Waals surface area contributed by atoms with Gasteiger partial charge in [-0.1, -0.05) is 18.2 Å². The first-order valence-corrected chi connectivity index (χ1v) is 12.3. The molecule has 0 spiro atoms. The summed E-state index contributed by atoms with van der Waals surface area (Å²) in [6.07, 6.45) is 2.66. The number of nitrogens with zero attached hydrogens (tertiary/aromatic N) is 5. The first kappa shape index (κ1) is 21.5. The second kappa shape index (κ2) is 9.27. The van der Waals surface area contributed by atoms with Gasteiger partial charge in [0.15, 0.2) is 5.11 Å². The lowest BCUT2D eigenvalue weighted by Crippen LogP contribution is -2.50. The molecule has 1 saturated heterocycles. The molecule has 4 heterocycles. The van der Waals surface area contributed by atoms with Gasteiger partial charge in [-0.05, 0) is 43.4 Å². The highest BCUT2D eigenvalue weighted by Crippen LogP contribution is 2.31. The Morgan fingerprint density at radius 3 is 2.69 bits per heavy atom. The zero-order chi connectivity index (χ0) is 22.1. The predicted octanol–water partition coefficient (Wildman–Crippen LogP) is 2.46. The van der Waals surface area contributed by atoms with Crippen molar-refractivity contribution in [3.63, 3.8) is 0 Å². The average molecular weight is 469 g/mol. The first-order chi connectivity index (χ1) is 15.6. The summed E-state index contributed by atoms with van der Waals surface area (Å²) < 4.78 is 1.79. The van der Waals surface area contributed by atoms with Crippen molar-refractivity contribution < 1.29 is 0 Å². The van der Waals surface area contributed by atoms with Crippen molar-refractivity contribution in [2.24, 2.45) is 0 Å². The Hall–Kier alpha value is -2.33. The van der Waals surface area contributed by atoms with Crippen molar-refractivity contribution >= 4 is 44.6 Å². The number of thiophene rings is 1. The Morgan fingerprint density at radius 2 is 1.91 bits per heavy atom. The van der Waals surface area contributed by atoms with Crippen molar-refractivity contribution in [3.05, 3.63) is 57.5 Å². The molecule has 3 aromatic rings. The van der Waals surface area contributed by atoms with Crippen LogP contribution in [0.5, 0.6) is 0 Å². The maximum absolute atomic E-state index is 13.2. The van der Waals surface area contributed by atoms with Crippen LogP contribution in [0.4, 0.5) is 5.69 Å². The Balaban J connectivity index is 1.18. The summed E-state index contributed by atoms with van der Waals surface area (Å²) in [6.45, 7) is 7.06. The third-order valence-electron chi connectivity index (χ3n) is 6.36. The first-order valence-electron chi connectivity index (χ1n) is 11.1. The van der Waals surface area contributed by atoms with Gasteiger partial charge >= 0.3 is 0 Å². The zero-order valence-electron chi connectivity index (χ0n) is 18.3. The average Bonchev–Trinajstić information content (AvgIpc) is 3.18. The highest BCUT2D eigenvalue weighted by Gasteiger charge is 2.23. The van der Waals surface area contributed by atoms with E-state index in [-0.39, 0.29) is 5.56 Å². The van der Waals surface area contributed by atoms with Gasteiger partial charge in [0.1, 0.15) is 4.83 Å². The summed E-state index contributed by atoms with van der Waals surface area (Å²) in [5.74, 6) is 0. The summed E-state index contributed by atoms with van der Waals surface area (Å²) >= 11 is 7.26. The van der Waals surface area contributed by atoms with Crippen LogP contribution in [0.25, 0.3) is 10.2 Å². The summed E-state index contributed by atoms with van der Waals surface area (Å²) in [4.78, 5) is 26.9. The number of likely N-dealkylation sites (N-methyl/N-ethyl adjacent to an activating group) is 1. The number of anilines is 1. The van der Waals surface area contributed by atoms with Crippen LogP contribution >= 0.6 is 23.6 Å².